The van der Waals surface area contributed by atoms with Crippen LogP contribution in [0, 0.1) is 23.2 Å². The van der Waals surface area contributed by atoms with Gasteiger partial charge in [-0.15, -0.1) is 0 Å². The van der Waals surface area contributed by atoms with Crippen molar-refractivity contribution in [3.63, 3.8) is 0 Å². The molecule has 0 atom stereocenters. The van der Waals surface area contributed by atoms with E-state index in [1.165, 1.54) is 6.07 Å². The fourth-order valence-corrected chi connectivity index (χ4v) is 1.42. The summed E-state index contributed by atoms with van der Waals surface area (Å²) < 4.78 is 23.5. The predicted molar refractivity (Wildman–Crippen MR) is 63.0 cm³/mol. The van der Waals surface area contributed by atoms with E-state index >= 15 is 0 Å². The molecular weight excluding hydrogens is 233 g/mol. The van der Waals surface area contributed by atoms with Crippen molar-refractivity contribution >= 4 is 0 Å². The highest BCUT2D eigenvalue weighted by Crippen LogP contribution is 2.27. The van der Waals surface area contributed by atoms with Crippen LogP contribution in [0.25, 0.3) is 0 Å². The number of ether oxygens (including phenoxy) is 2. The number of rotatable bonds is 3. The molecule has 0 aliphatic rings. The van der Waals surface area contributed by atoms with E-state index in [-0.39, 0.29) is 11.3 Å². The summed E-state index contributed by atoms with van der Waals surface area (Å²) in [6.07, 6.45) is 0. The zero-order valence-corrected chi connectivity index (χ0v) is 9.61. The SMILES string of the molecule is COc1cccc(Oc2c[c]c(F)cc2C#N)c1. The Morgan fingerprint density at radius 3 is 2.78 bits per heavy atom. The van der Waals surface area contributed by atoms with Crippen molar-refractivity contribution in [1.29, 1.82) is 5.26 Å². The molecule has 2 aromatic carbocycles. The van der Waals surface area contributed by atoms with Gasteiger partial charge in [-0.1, -0.05) is 6.07 Å². The smallest absolute Gasteiger partial charge is 0.146 e. The van der Waals surface area contributed by atoms with Crippen molar-refractivity contribution in [2.45, 2.75) is 0 Å². The van der Waals surface area contributed by atoms with Crippen LogP contribution >= 0.6 is 0 Å². The van der Waals surface area contributed by atoms with Crippen LogP contribution in [0.5, 0.6) is 17.2 Å². The van der Waals surface area contributed by atoms with Crippen LogP contribution in [0.15, 0.2) is 36.4 Å². The number of hydrogen-bond donors (Lipinski definition) is 0. The molecule has 0 aliphatic heterocycles. The molecule has 0 saturated carbocycles. The molecule has 0 unspecified atom stereocenters. The van der Waals surface area contributed by atoms with Crippen LogP contribution in [-0.4, -0.2) is 7.11 Å². The lowest BCUT2D eigenvalue weighted by Gasteiger charge is -2.08. The largest absolute Gasteiger partial charge is 0.497 e. The molecule has 3 nitrogen and oxygen atoms in total. The highest BCUT2D eigenvalue weighted by Gasteiger charge is 2.07. The van der Waals surface area contributed by atoms with E-state index in [4.69, 9.17) is 14.7 Å². The van der Waals surface area contributed by atoms with E-state index in [0.717, 1.165) is 6.07 Å². The molecule has 1 radical (unpaired) electrons. The number of hydrogen-bond acceptors (Lipinski definition) is 3. The van der Waals surface area contributed by atoms with Gasteiger partial charge in [-0.05, 0) is 24.3 Å². The minimum Gasteiger partial charge on any atom is -0.497 e. The molecule has 0 saturated heterocycles. The molecule has 0 amide bonds. The fraction of sp³-hybridized carbons (Fsp3) is 0.0714. The maximum absolute atomic E-state index is 12.9. The summed E-state index contributed by atoms with van der Waals surface area (Å²) in [7, 11) is 1.55. The molecule has 0 bridgehead atoms. The second-order valence-electron chi connectivity index (χ2n) is 3.45. The van der Waals surface area contributed by atoms with Gasteiger partial charge < -0.3 is 9.47 Å². The van der Waals surface area contributed by atoms with Crippen molar-refractivity contribution in [2.24, 2.45) is 0 Å². The van der Waals surface area contributed by atoms with Crippen molar-refractivity contribution in [2.75, 3.05) is 7.11 Å². The summed E-state index contributed by atoms with van der Waals surface area (Å²) in [5.41, 5.74) is 0.120. The van der Waals surface area contributed by atoms with Gasteiger partial charge in [-0.2, -0.15) is 5.26 Å². The molecule has 18 heavy (non-hydrogen) atoms. The first-order chi connectivity index (χ1) is 8.72. The van der Waals surface area contributed by atoms with Crippen LogP contribution in [0.2, 0.25) is 0 Å². The van der Waals surface area contributed by atoms with Gasteiger partial charge in [0.05, 0.1) is 12.7 Å². The average molecular weight is 242 g/mol. The molecule has 2 aromatic rings. The van der Waals surface area contributed by atoms with Crippen molar-refractivity contribution < 1.29 is 13.9 Å². The maximum atomic E-state index is 12.9. The third kappa shape index (κ3) is 2.58. The van der Waals surface area contributed by atoms with E-state index in [1.54, 1.807) is 31.4 Å². The topological polar surface area (TPSA) is 42.2 Å². The first-order valence-corrected chi connectivity index (χ1v) is 5.16. The summed E-state index contributed by atoms with van der Waals surface area (Å²) in [6, 6.07) is 13.5. The summed E-state index contributed by atoms with van der Waals surface area (Å²) in [4.78, 5) is 0. The van der Waals surface area contributed by atoms with Gasteiger partial charge in [0.25, 0.3) is 0 Å². The summed E-state index contributed by atoms with van der Waals surface area (Å²) >= 11 is 0. The Balaban J connectivity index is 2.31. The van der Waals surface area contributed by atoms with Gasteiger partial charge in [0, 0.05) is 12.1 Å². The molecule has 2 rings (SSSR count). The maximum Gasteiger partial charge on any atom is 0.146 e. The molecule has 89 valence electrons. The second kappa shape index (κ2) is 5.19. The molecule has 0 N–H and O–H groups in total. The molecule has 0 aliphatic carbocycles. The van der Waals surface area contributed by atoms with Crippen LogP contribution in [-0.2, 0) is 0 Å². The van der Waals surface area contributed by atoms with Crippen LogP contribution < -0.4 is 9.47 Å². The number of halogens is 1. The van der Waals surface area contributed by atoms with E-state index in [1.807, 2.05) is 6.07 Å². The van der Waals surface area contributed by atoms with Crippen molar-refractivity contribution in [3.8, 4) is 23.3 Å². The predicted octanol–water partition coefficient (Wildman–Crippen LogP) is 3.30. The monoisotopic (exact) mass is 242 g/mol. The Kier molecular flexibility index (Phi) is 3.44. The van der Waals surface area contributed by atoms with Crippen LogP contribution in [0.3, 0.4) is 0 Å². The molecule has 0 aromatic heterocycles. The molecule has 0 spiro atoms. The average Bonchev–Trinajstić information content (AvgIpc) is 2.41. The number of methoxy groups -OCH3 is 1. The fourth-order valence-electron chi connectivity index (χ4n) is 1.42. The van der Waals surface area contributed by atoms with Gasteiger partial charge in [0.2, 0.25) is 0 Å². The Morgan fingerprint density at radius 1 is 1.28 bits per heavy atom. The standard InChI is InChI=1S/C14H9FNO2/c1-17-12-3-2-4-13(8-12)18-14-6-5-11(15)7-10(14)9-16/h2-4,6-8H,1H3. The van der Waals surface area contributed by atoms with Gasteiger partial charge in [0.15, 0.2) is 0 Å². The second-order valence-corrected chi connectivity index (χ2v) is 3.45. The zero-order valence-electron chi connectivity index (χ0n) is 9.61. The molecule has 4 heteroatoms. The first-order valence-electron chi connectivity index (χ1n) is 5.16. The van der Waals surface area contributed by atoms with E-state index in [2.05, 4.69) is 6.07 Å². The summed E-state index contributed by atoms with van der Waals surface area (Å²) in [5, 5.41) is 8.89. The Bertz CT molecular complexity index is 605. The van der Waals surface area contributed by atoms with Crippen molar-refractivity contribution in [1.82, 2.24) is 0 Å². The summed E-state index contributed by atoms with van der Waals surface area (Å²) in [5.74, 6) is 0.805. The molecular formula is C14H9FNO2. The van der Waals surface area contributed by atoms with Crippen LogP contribution in [0.1, 0.15) is 5.56 Å². The normalized spacial score (nSPS) is 9.61. The first kappa shape index (κ1) is 11.9. The third-order valence-electron chi connectivity index (χ3n) is 2.27. The van der Waals surface area contributed by atoms with Crippen LogP contribution in [0.4, 0.5) is 4.39 Å². The van der Waals surface area contributed by atoms with Gasteiger partial charge in [-0.3, -0.25) is 0 Å². The van der Waals surface area contributed by atoms with Crippen molar-refractivity contribution in [3.05, 3.63) is 53.8 Å². The summed E-state index contributed by atoms with van der Waals surface area (Å²) in [6.45, 7) is 0. The zero-order chi connectivity index (χ0) is 13.0. The lowest BCUT2D eigenvalue weighted by molar-refractivity contribution is 0.409. The number of nitrogens with zero attached hydrogens (tertiary/aromatic N) is 1. The lowest BCUT2D eigenvalue weighted by atomic mass is 10.2. The van der Waals surface area contributed by atoms with E-state index < -0.39 is 5.82 Å². The minimum atomic E-state index is -0.593. The molecule has 0 fully saturated rings. The highest BCUT2D eigenvalue weighted by molar-refractivity contribution is 5.46. The lowest BCUT2D eigenvalue weighted by Crippen LogP contribution is -1.90. The number of nitriles is 1. The third-order valence-corrected chi connectivity index (χ3v) is 2.27. The van der Waals surface area contributed by atoms with Gasteiger partial charge >= 0.3 is 0 Å². The number of benzene rings is 2. The minimum absolute atomic E-state index is 0.120. The van der Waals surface area contributed by atoms with E-state index in [9.17, 15) is 4.39 Å². The quantitative estimate of drug-likeness (QED) is 0.829. The Labute approximate surface area is 104 Å². The van der Waals surface area contributed by atoms with E-state index in [0.29, 0.717) is 11.5 Å². The highest BCUT2D eigenvalue weighted by atomic mass is 19.1. The molecule has 0 heterocycles. The Morgan fingerprint density at radius 2 is 2.06 bits per heavy atom. The van der Waals surface area contributed by atoms with Gasteiger partial charge in [-0.25, -0.2) is 4.39 Å². The van der Waals surface area contributed by atoms with Gasteiger partial charge in [0.1, 0.15) is 29.1 Å². The Hall–Kier alpha value is -2.54.